The molecule has 0 aromatic heterocycles. The van der Waals surface area contributed by atoms with Crippen molar-refractivity contribution in [3.05, 3.63) is 28.3 Å². The zero-order valence-electron chi connectivity index (χ0n) is 12.5. The molecule has 0 spiro atoms. The van der Waals surface area contributed by atoms with Gasteiger partial charge in [-0.2, -0.15) is 0 Å². The minimum Gasteiger partial charge on any atom is -0.487 e. The van der Waals surface area contributed by atoms with E-state index < -0.39 is 0 Å². The summed E-state index contributed by atoms with van der Waals surface area (Å²) in [7, 11) is 0. The Morgan fingerprint density at radius 2 is 2.10 bits per heavy atom. The molecule has 1 aromatic rings. The Hall–Kier alpha value is -1.82. The number of nitrogens with zero attached hydrogens (tertiary/aromatic N) is 2. The Morgan fingerprint density at radius 1 is 1.33 bits per heavy atom. The van der Waals surface area contributed by atoms with Gasteiger partial charge in [-0.25, -0.2) is 0 Å². The van der Waals surface area contributed by atoms with Gasteiger partial charge in [0.2, 0.25) is 0 Å². The van der Waals surface area contributed by atoms with Crippen LogP contribution in [0.25, 0.3) is 0 Å². The lowest BCUT2D eigenvalue weighted by molar-refractivity contribution is -0.384. The average molecular weight is 293 g/mol. The smallest absolute Gasteiger partial charge is 0.333 e. The number of nitro benzene ring substituents is 1. The Labute approximate surface area is 125 Å². The average Bonchev–Trinajstić information content (AvgIpc) is 2.48. The van der Waals surface area contributed by atoms with Gasteiger partial charge in [0, 0.05) is 13.1 Å². The molecule has 0 aliphatic carbocycles. The van der Waals surface area contributed by atoms with Gasteiger partial charge in [-0.05, 0) is 45.0 Å². The number of benzene rings is 1. The summed E-state index contributed by atoms with van der Waals surface area (Å²) in [5.74, 6) is 0.325. The molecule has 0 unspecified atom stereocenters. The monoisotopic (exact) mass is 293 g/mol. The van der Waals surface area contributed by atoms with E-state index in [4.69, 9.17) is 4.74 Å². The molecule has 0 bridgehead atoms. The first-order valence-electron chi connectivity index (χ1n) is 7.58. The van der Waals surface area contributed by atoms with Crippen LogP contribution in [0.4, 0.5) is 11.4 Å². The normalized spacial score (nSPS) is 15.7. The zero-order chi connectivity index (χ0) is 15.1. The van der Waals surface area contributed by atoms with E-state index >= 15 is 0 Å². The number of para-hydroxylation sites is 1. The first kappa shape index (κ1) is 15.6. The lowest BCUT2D eigenvalue weighted by Gasteiger charge is -2.26. The Bertz CT molecular complexity index is 473. The summed E-state index contributed by atoms with van der Waals surface area (Å²) in [6.45, 7) is 6.11. The maximum absolute atomic E-state index is 11.3. The van der Waals surface area contributed by atoms with E-state index in [2.05, 4.69) is 10.2 Å². The molecule has 6 nitrogen and oxygen atoms in total. The molecule has 1 aliphatic heterocycles. The largest absolute Gasteiger partial charge is 0.487 e. The number of nitrogens with one attached hydrogen (secondary N) is 1. The Kier molecular flexibility index (Phi) is 5.80. The molecule has 0 amide bonds. The van der Waals surface area contributed by atoms with Gasteiger partial charge in [-0.15, -0.1) is 0 Å². The van der Waals surface area contributed by atoms with Crippen LogP contribution in [0.1, 0.15) is 26.2 Å². The van der Waals surface area contributed by atoms with Gasteiger partial charge < -0.3 is 15.0 Å². The lowest BCUT2D eigenvalue weighted by Crippen LogP contribution is -2.33. The fourth-order valence-electron chi connectivity index (χ4n) is 2.66. The number of hydrogen-bond acceptors (Lipinski definition) is 5. The van der Waals surface area contributed by atoms with Crippen LogP contribution in [0.5, 0.6) is 5.75 Å². The standard InChI is InChI=1S/C15H23N3O3/c1-2-21-14-8-6-7-13(15(14)18(19)20)16-9-12-17-10-4-3-5-11-17/h6-8,16H,2-5,9-12H2,1H3. The molecule has 1 fully saturated rings. The third-order valence-electron chi connectivity index (χ3n) is 3.67. The van der Waals surface area contributed by atoms with Crippen LogP contribution in [0.15, 0.2) is 18.2 Å². The number of ether oxygens (including phenoxy) is 1. The van der Waals surface area contributed by atoms with Crippen molar-refractivity contribution in [1.82, 2.24) is 4.90 Å². The summed E-state index contributed by atoms with van der Waals surface area (Å²) < 4.78 is 5.34. The van der Waals surface area contributed by atoms with Crippen LogP contribution in [-0.4, -0.2) is 42.6 Å². The second-order valence-corrected chi connectivity index (χ2v) is 5.17. The van der Waals surface area contributed by atoms with Crippen molar-refractivity contribution in [2.75, 3.05) is 38.1 Å². The van der Waals surface area contributed by atoms with E-state index in [-0.39, 0.29) is 10.6 Å². The molecule has 1 aliphatic rings. The summed E-state index contributed by atoms with van der Waals surface area (Å²) in [5.41, 5.74) is 0.556. The highest BCUT2D eigenvalue weighted by molar-refractivity contribution is 5.68. The van der Waals surface area contributed by atoms with Crippen molar-refractivity contribution >= 4 is 11.4 Å². The van der Waals surface area contributed by atoms with E-state index in [0.717, 1.165) is 19.6 Å². The predicted octanol–water partition coefficient (Wildman–Crippen LogP) is 2.89. The molecule has 1 heterocycles. The van der Waals surface area contributed by atoms with E-state index in [1.807, 2.05) is 6.92 Å². The molecule has 21 heavy (non-hydrogen) atoms. The predicted molar refractivity (Wildman–Crippen MR) is 83.0 cm³/mol. The van der Waals surface area contributed by atoms with Crippen molar-refractivity contribution in [2.45, 2.75) is 26.2 Å². The number of piperidine rings is 1. The number of nitro groups is 1. The third-order valence-corrected chi connectivity index (χ3v) is 3.67. The van der Waals surface area contributed by atoms with Crippen LogP contribution in [0.3, 0.4) is 0 Å². The van der Waals surface area contributed by atoms with E-state index in [9.17, 15) is 10.1 Å². The highest BCUT2D eigenvalue weighted by Crippen LogP contribution is 2.34. The minimum atomic E-state index is -0.381. The van der Waals surface area contributed by atoms with Gasteiger partial charge in [0.1, 0.15) is 5.69 Å². The molecule has 116 valence electrons. The summed E-state index contributed by atoms with van der Waals surface area (Å²) in [4.78, 5) is 13.3. The van der Waals surface area contributed by atoms with Gasteiger partial charge in [-0.3, -0.25) is 10.1 Å². The summed E-state index contributed by atoms with van der Waals surface area (Å²) in [5, 5.41) is 14.4. The fraction of sp³-hybridized carbons (Fsp3) is 0.600. The maximum Gasteiger partial charge on any atom is 0.333 e. The zero-order valence-corrected chi connectivity index (χ0v) is 12.5. The van der Waals surface area contributed by atoms with Gasteiger partial charge in [0.15, 0.2) is 5.75 Å². The van der Waals surface area contributed by atoms with Crippen LogP contribution in [-0.2, 0) is 0 Å². The SMILES string of the molecule is CCOc1cccc(NCCN2CCCCC2)c1[N+](=O)[O-]. The van der Waals surface area contributed by atoms with E-state index in [0.29, 0.717) is 24.6 Å². The number of likely N-dealkylation sites (tertiary alicyclic amines) is 1. The Morgan fingerprint density at radius 3 is 2.76 bits per heavy atom. The van der Waals surface area contributed by atoms with Crippen molar-refractivity contribution in [3.63, 3.8) is 0 Å². The van der Waals surface area contributed by atoms with Crippen LogP contribution in [0.2, 0.25) is 0 Å². The van der Waals surface area contributed by atoms with Crippen LogP contribution < -0.4 is 10.1 Å². The maximum atomic E-state index is 11.3. The molecule has 2 rings (SSSR count). The third kappa shape index (κ3) is 4.32. The molecule has 1 N–H and O–H groups in total. The number of hydrogen-bond donors (Lipinski definition) is 1. The molecule has 0 saturated carbocycles. The first-order valence-corrected chi connectivity index (χ1v) is 7.58. The van der Waals surface area contributed by atoms with E-state index in [1.165, 1.54) is 19.3 Å². The molecular formula is C15H23N3O3. The summed E-state index contributed by atoms with van der Waals surface area (Å²) >= 11 is 0. The van der Waals surface area contributed by atoms with E-state index in [1.54, 1.807) is 18.2 Å². The second-order valence-electron chi connectivity index (χ2n) is 5.17. The topological polar surface area (TPSA) is 67.6 Å². The number of anilines is 1. The van der Waals surface area contributed by atoms with Crippen LogP contribution >= 0.6 is 0 Å². The van der Waals surface area contributed by atoms with Crippen molar-refractivity contribution < 1.29 is 9.66 Å². The minimum absolute atomic E-state index is 0.0259. The quantitative estimate of drug-likeness (QED) is 0.618. The highest BCUT2D eigenvalue weighted by Gasteiger charge is 2.20. The van der Waals surface area contributed by atoms with Gasteiger partial charge in [0.25, 0.3) is 0 Å². The molecule has 1 aromatic carbocycles. The van der Waals surface area contributed by atoms with Crippen LogP contribution in [0, 0.1) is 10.1 Å². The molecule has 0 radical (unpaired) electrons. The summed E-state index contributed by atoms with van der Waals surface area (Å²) in [6, 6.07) is 5.15. The molecule has 1 saturated heterocycles. The first-order chi connectivity index (χ1) is 10.2. The second kappa shape index (κ2) is 7.83. The number of rotatable bonds is 7. The molecular weight excluding hydrogens is 270 g/mol. The van der Waals surface area contributed by atoms with Crippen molar-refractivity contribution in [1.29, 1.82) is 0 Å². The molecule has 0 atom stereocenters. The molecule has 6 heteroatoms. The highest BCUT2D eigenvalue weighted by atomic mass is 16.6. The lowest BCUT2D eigenvalue weighted by atomic mass is 10.1. The fourth-order valence-corrected chi connectivity index (χ4v) is 2.66. The van der Waals surface area contributed by atoms with Crippen molar-refractivity contribution in [3.8, 4) is 5.75 Å². The summed E-state index contributed by atoms with van der Waals surface area (Å²) in [6.07, 6.45) is 3.81. The van der Waals surface area contributed by atoms with Gasteiger partial charge >= 0.3 is 5.69 Å². The van der Waals surface area contributed by atoms with Gasteiger partial charge in [0.05, 0.1) is 11.5 Å². The van der Waals surface area contributed by atoms with Crippen molar-refractivity contribution in [2.24, 2.45) is 0 Å². The van der Waals surface area contributed by atoms with Gasteiger partial charge in [-0.1, -0.05) is 12.5 Å². The Balaban J connectivity index is 1.98.